The molecule has 0 aliphatic rings. The SMILES string of the molecule is C/C(=C/C=O)Cc1ccccc1. The quantitative estimate of drug-likeness (QED) is 0.490. The van der Waals surface area contributed by atoms with Gasteiger partial charge in [0.15, 0.2) is 0 Å². The third kappa shape index (κ3) is 2.70. The number of rotatable bonds is 3. The van der Waals surface area contributed by atoms with E-state index >= 15 is 0 Å². The molecular weight excluding hydrogens is 148 g/mol. The van der Waals surface area contributed by atoms with Gasteiger partial charge in [-0.15, -0.1) is 0 Å². The monoisotopic (exact) mass is 160 g/mol. The number of aldehydes is 1. The highest BCUT2D eigenvalue weighted by Gasteiger charge is 1.91. The second-order valence-corrected chi connectivity index (χ2v) is 2.81. The van der Waals surface area contributed by atoms with Gasteiger partial charge in [0.05, 0.1) is 0 Å². The largest absolute Gasteiger partial charge is 0.299 e. The lowest BCUT2D eigenvalue weighted by Gasteiger charge is -1.98. The summed E-state index contributed by atoms with van der Waals surface area (Å²) in [4.78, 5) is 10.1. The Morgan fingerprint density at radius 1 is 1.33 bits per heavy atom. The maximum atomic E-state index is 10.1. The zero-order chi connectivity index (χ0) is 8.81. The van der Waals surface area contributed by atoms with Crippen molar-refractivity contribution in [2.45, 2.75) is 13.3 Å². The molecule has 0 amide bonds. The van der Waals surface area contributed by atoms with Gasteiger partial charge in [0.1, 0.15) is 6.29 Å². The summed E-state index contributed by atoms with van der Waals surface area (Å²) < 4.78 is 0. The van der Waals surface area contributed by atoms with E-state index in [1.807, 2.05) is 25.1 Å². The number of hydrogen-bond donors (Lipinski definition) is 0. The molecule has 0 aliphatic heterocycles. The van der Waals surface area contributed by atoms with Crippen molar-refractivity contribution in [2.75, 3.05) is 0 Å². The van der Waals surface area contributed by atoms with Gasteiger partial charge < -0.3 is 0 Å². The standard InChI is InChI=1S/C11H12O/c1-10(7-8-12)9-11-5-3-2-4-6-11/h2-8H,9H2,1H3/b10-7-. The van der Waals surface area contributed by atoms with Crippen LogP contribution in [0.25, 0.3) is 0 Å². The summed E-state index contributed by atoms with van der Waals surface area (Å²) in [7, 11) is 0. The minimum atomic E-state index is 0.832. The first kappa shape index (κ1) is 8.72. The van der Waals surface area contributed by atoms with Crippen molar-refractivity contribution in [1.82, 2.24) is 0 Å². The summed E-state index contributed by atoms with van der Waals surface area (Å²) in [6.45, 7) is 1.96. The molecular formula is C11H12O. The first-order chi connectivity index (χ1) is 5.83. The molecule has 0 spiro atoms. The smallest absolute Gasteiger partial charge is 0.142 e. The van der Waals surface area contributed by atoms with Crippen molar-refractivity contribution in [3.05, 3.63) is 47.5 Å². The van der Waals surface area contributed by atoms with Crippen molar-refractivity contribution in [2.24, 2.45) is 0 Å². The molecule has 0 aliphatic carbocycles. The fourth-order valence-corrected chi connectivity index (χ4v) is 1.09. The molecule has 1 aromatic rings. The van der Waals surface area contributed by atoms with Gasteiger partial charge in [-0.2, -0.15) is 0 Å². The summed E-state index contributed by atoms with van der Waals surface area (Å²) in [5.41, 5.74) is 2.34. The predicted octanol–water partition coefficient (Wildman–Crippen LogP) is 2.37. The normalized spacial score (nSPS) is 11.2. The fourth-order valence-electron chi connectivity index (χ4n) is 1.09. The summed E-state index contributed by atoms with van der Waals surface area (Å²) in [5, 5.41) is 0. The number of benzene rings is 1. The second-order valence-electron chi connectivity index (χ2n) is 2.81. The Bertz CT molecular complexity index is 272. The van der Waals surface area contributed by atoms with Crippen LogP contribution in [0.3, 0.4) is 0 Å². The summed E-state index contributed by atoms with van der Waals surface area (Å²) >= 11 is 0. The molecule has 0 heterocycles. The van der Waals surface area contributed by atoms with E-state index in [2.05, 4.69) is 12.1 Å². The zero-order valence-corrected chi connectivity index (χ0v) is 7.16. The fraction of sp³-hybridized carbons (Fsp3) is 0.182. The molecule has 1 rings (SSSR count). The molecule has 62 valence electrons. The average molecular weight is 160 g/mol. The lowest BCUT2D eigenvalue weighted by Crippen LogP contribution is -1.85. The minimum absolute atomic E-state index is 0.832. The first-order valence-electron chi connectivity index (χ1n) is 3.98. The topological polar surface area (TPSA) is 17.1 Å². The third-order valence-corrected chi connectivity index (χ3v) is 1.68. The Morgan fingerprint density at radius 3 is 2.58 bits per heavy atom. The minimum Gasteiger partial charge on any atom is -0.299 e. The summed E-state index contributed by atoms with van der Waals surface area (Å²) in [5.74, 6) is 0. The Hall–Kier alpha value is -1.37. The van der Waals surface area contributed by atoms with E-state index in [1.54, 1.807) is 6.08 Å². The van der Waals surface area contributed by atoms with E-state index in [-0.39, 0.29) is 0 Å². The van der Waals surface area contributed by atoms with E-state index in [4.69, 9.17) is 0 Å². The highest BCUT2D eigenvalue weighted by atomic mass is 16.1. The van der Waals surface area contributed by atoms with Crippen molar-refractivity contribution in [3.8, 4) is 0 Å². The van der Waals surface area contributed by atoms with Crippen LogP contribution >= 0.6 is 0 Å². The molecule has 0 saturated heterocycles. The van der Waals surface area contributed by atoms with Crippen LogP contribution in [0, 0.1) is 0 Å². The van der Waals surface area contributed by atoms with E-state index in [1.165, 1.54) is 5.56 Å². The Labute approximate surface area is 72.7 Å². The molecule has 0 aromatic heterocycles. The van der Waals surface area contributed by atoms with E-state index in [9.17, 15) is 4.79 Å². The van der Waals surface area contributed by atoms with Crippen molar-refractivity contribution in [1.29, 1.82) is 0 Å². The molecule has 1 nitrogen and oxygen atoms in total. The van der Waals surface area contributed by atoms with E-state index < -0.39 is 0 Å². The van der Waals surface area contributed by atoms with Gasteiger partial charge in [-0.25, -0.2) is 0 Å². The Morgan fingerprint density at radius 2 is 2.00 bits per heavy atom. The van der Waals surface area contributed by atoms with Crippen LogP contribution in [0.1, 0.15) is 12.5 Å². The van der Waals surface area contributed by atoms with Gasteiger partial charge >= 0.3 is 0 Å². The number of hydrogen-bond acceptors (Lipinski definition) is 1. The highest BCUT2D eigenvalue weighted by molar-refractivity contribution is 5.66. The van der Waals surface area contributed by atoms with Gasteiger partial charge in [-0.3, -0.25) is 4.79 Å². The van der Waals surface area contributed by atoms with Crippen LogP contribution in [-0.4, -0.2) is 6.29 Å². The van der Waals surface area contributed by atoms with Gasteiger partial charge in [0.25, 0.3) is 0 Å². The van der Waals surface area contributed by atoms with E-state index in [0.717, 1.165) is 18.3 Å². The second kappa shape index (κ2) is 4.50. The number of carbonyl (C=O) groups excluding carboxylic acids is 1. The summed E-state index contributed by atoms with van der Waals surface area (Å²) in [6.07, 6.45) is 3.30. The first-order valence-corrected chi connectivity index (χ1v) is 3.98. The lowest BCUT2D eigenvalue weighted by atomic mass is 10.1. The molecule has 1 aromatic carbocycles. The van der Waals surface area contributed by atoms with Gasteiger partial charge in [-0.05, 0) is 25.0 Å². The number of allylic oxidation sites excluding steroid dienone is 2. The van der Waals surface area contributed by atoms with Crippen molar-refractivity contribution < 1.29 is 4.79 Å². The highest BCUT2D eigenvalue weighted by Crippen LogP contribution is 2.05. The van der Waals surface area contributed by atoms with Crippen LogP contribution in [0.2, 0.25) is 0 Å². The lowest BCUT2D eigenvalue weighted by molar-refractivity contribution is -0.104. The van der Waals surface area contributed by atoms with Gasteiger partial charge in [-0.1, -0.05) is 35.9 Å². The Balaban J connectivity index is 2.64. The van der Waals surface area contributed by atoms with E-state index in [0.29, 0.717) is 0 Å². The molecule has 0 radical (unpaired) electrons. The maximum absolute atomic E-state index is 10.1. The predicted molar refractivity (Wildman–Crippen MR) is 50.0 cm³/mol. The number of carbonyl (C=O) groups is 1. The zero-order valence-electron chi connectivity index (χ0n) is 7.16. The van der Waals surface area contributed by atoms with Gasteiger partial charge in [0, 0.05) is 0 Å². The van der Waals surface area contributed by atoms with Crippen LogP contribution in [-0.2, 0) is 11.2 Å². The van der Waals surface area contributed by atoms with Gasteiger partial charge in [0.2, 0.25) is 0 Å². The van der Waals surface area contributed by atoms with Crippen LogP contribution in [0.4, 0.5) is 0 Å². The van der Waals surface area contributed by atoms with Crippen LogP contribution in [0.5, 0.6) is 0 Å². The molecule has 12 heavy (non-hydrogen) atoms. The maximum Gasteiger partial charge on any atom is 0.142 e. The molecule has 1 heteroatoms. The summed E-state index contributed by atoms with van der Waals surface area (Å²) in [6, 6.07) is 10.1. The Kier molecular flexibility index (Phi) is 3.27. The molecule has 0 fully saturated rings. The van der Waals surface area contributed by atoms with Crippen LogP contribution < -0.4 is 0 Å². The van der Waals surface area contributed by atoms with Crippen molar-refractivity contribution in [3.63, 3.8) is 0 Å². The molecule has 0 atom stereocenters. The van der Waals surface area contributed by atoms with Crippen LogP contribution in [0.15, 0.2) is 42.0 Å². The molecule has 0 unspecified atom stereocenters. The van der Waals surface area contributed by atoms with Crippen molar-refractivity contribution >= 4 is 6.29 Å². The molecule has 0 saturated carbocycles. The average Bonchev–Trinajstić information content (AvgIpc) is 2.06. The molecule has 0 N–H and O–H groups in total. The third-order valence-electron chi connectivity index (χ3n) is 1.68. The molecule has 0 bridgehead atoms.